The Hall–Kier alpha value is -0.910. The quantitative estimate of drug-likeness (QED) is 0.828. The Labute approximate surface area is 109 Å². The third-order valence-electron chi connectivity index (χ3n) is 2.92. The smallest absolute Gasteiger partial charge is 0.240 e. The van der Waals surface area contributed by atoms with Crippen molar-refractivity contribution >= 4 is 10.0 Å². The molecule has 0 aliphatic carbocycles. The van der Waals surface area contributed by atoms with Crippen LogP contribution in [0.4, 0.5) is 0 Å². The fourth-order valence-corrected chi connectivity index (χ4v) is 2.76. The second kappa shape index (κ2) is 6.31. The molecule has 5 heteroatoms. The number of nitrogens with one attached hydrogen (secondary N) is 1. The number of aliphatic hydroxyl groups excluding tert-OH is 1. The second-order valence-corrected chi connectivity index (χ2v) is 6.31. The molecular formula is C13H21NO3S. The van der Waals surface area contributed by atoms with Crippen molar-refractivity contribution in [1.82, 2.24) is 4.72 Å². The van der Waals surface area contributed by atoms with Crippen LogP contribution in [0.3, 0.4) is 0 Å². The maximum absolute atomic E-state index is 12.0. The predicted octanol–water partition coefficient (Wildman–Crippen LogP) is 1.74. The summed E-state index contributed by atoms with van der Waals surface area (Å²) in [5, 5.41) is 9.53. The van der Waals surface area contributed by atoms with Gasteiger partial charge in [0.2, 0.25) is 10.0 Å². The van der Waals surface area contributed by atoms with Gasteiger partial charge in [0.15, 0.2) is 0 Å². The molecule has 4 nitrogen and oxygen atoms in total. The Morgan fingerprint density at radius 3 is 2.50 bits per heavy atom. The Bertz CT molecular complexity index is 497. The van der Waals surface area contributed by atoms with Crippen molar-refractivity contribution in [2.24, 2.45) is 0 Å². The Kier molecular flexibility index (Phi) is 5.31. The van der Waals surface area contributed by atoms with Crippen molar-refractivity contribution in [3.8, 4) is 0 Å². The first-order chi connectivity index (χ1) is 8.36. The van der Waals surface area contributed by atoms with Crippen LogP contribution in [0, 0.1) is 13.8 Å². The number of sulfonamides is 1. The van der Waals surface area contributed by atoms with Crippen LogP contribution in [0.5, 0.6) is 0 Å². The maximum atomic E-state index is 12.0. The van der Waals surface area contributed by atoms with Gasteiger partial charge in [0.1, 0.15) is 0 Å². The van der Waals surface area contributed by atoms with Crippen LogP contribution in [0.15, 0.2) is 23.1 Å². The molecule has 102 valence electrons. The van der Waals surface area contributed by atoms with E-state index in [-0.39, 0.29) is 11.4 Å². The van der Waals surface area contributed by atoms with Crippen LogP contribution in [-0.4, -0.2) is 26.2 Å². The second-order valence-electron chi connectivity index (χ2n) is 4.54. The highest BCUT2D eigenvalue weighted by molar-refractivity contribution is 7.89. The molecule has 0 radical (unpaired) electrons. The van der Waals surface area contributed by atoms with E-state index in [1.54, 1.807) is 18.2 Å². The molecule has 1 rings (SSSR count). The number of rotatable bonds is 6. The van der Waals surface area contributed by atoms with Gasteiger partial charge in [-0.15, -0.1) is 0 Å². The van der Waals surface area contributed by atoms with E-state index in [0.717, 1.165) is 17.5 Å². The largest absolute Gasteiger partial charge is 0.392 e. The molecule has 1 atom stereocenters. The maximum Gasteiger partial charge on any atom is 0.240 e. The third kappa shape index (κ3) is 4.08. The van der Waals surface area contributed by atoms with Crippen molar-refractivity contribution in [2.45, 2.75) is 44.6 Å². The Morgan fingerprint density at radius 1 is 1.28 bits per heavy atom. The number of aryl methyl sites for hydroxylation is 2. The van der Waals surface area contributed by atoms with Gasteiger partial charge in [-0.05, 0) is 43.5 Å². The summed E-state index contributed by atoms with van der Waals surface area (Å²) >= 11 is 0. The summed E-state index contributed by atoms with van der Waals surface area (Å²) in [6, 6.07) is 5.01. The minimum atomic E-state index is -3.52. The monoisotopic (exact) mass is 271 g/mol. The molecule has 0 aromatic heterocycles. The molecule has 0 aliphatic heterocycles. The van der Waals surface area contributed by atoms with Gasteiger partial charge in [-0.3, -0.25) is 0 Å². The number of benzene rings is 1. The zero-order chi connectivity index (χ0) is 13.8. The molecule has 0 saturated carbocycles. The molecule has 0 bridgehead atoms. The van der Waals surface area contributed by atoms with Crippen molar-refractivity contribution in [3.05, 3.63) is 29.3 Å². The average Bonchev–Trinajstić information content (AvgIpc) is 2.30. The van der Waals surface area contributed by atoms with E-state index in [4.69, 9.17) is 0 Å². The first-order valence-corrected chi connectivity index (χ1v) is 7.60. The molecule has 1 aromatic rings. The van der Waals surface area contributed by atoms with E-state index in [0.29, 0.717) is 6.42 Å². The van der Waals surface area contributed by atoms with Crippen molar-refractivity contribution in [2.75, 3.05) is 6.54 Å². The summed E-state index contributed by atoms with van der Waals surface area (Å²) in [6.07, 6.45) is 0.790. The average molecular weight is 271 g/mol. The standard InChI is InChI=1S/C13H21NO3S/c1-4-5-12(15)9-14-18(16,17)13-7-6-10(2)11(3)8-13/h6-8,12,14-15H,4-5,9H2,1-3H3. The molecule has 0 amide bonds. The van der Waals surface area contributed by atoms with Gasteiger partial charge >= 0.3 is 0 Å². The molecule has 0 fully saturated rings. The molecular weight excluding hydrogens is 250 g/mol. The van der Waals surface area contributed by atoms with E-state index < -0.39 is 16.1 Å². The van der Waals surface area contributed by atoms with E-state index >= 15 is 0 Å². The number of hydrogen-bond donors (Lipinski definition) is 2. The van der Waals surface area contributed by atoms with Gasteiger partial charge in [0.05, 0.1) is 11.0 Å². The molecule has 1 aromatic carbocycles. The van der Waals surface area contributed by atoms with Crippen LogP contribution < -0.4 is 4.72 Å². The molecule has 0 heterocycles. The van der Waals surface area contributed by atoms with Gasteiger partial charge in [-0.2, -0.15) is 0 Å². The lowest BCUT2D eigenvalue weighted by atomic mass is 10.1. The summed E-state index contributed by atoms with van der Waals surface area (Å²) in [5.41, 5.74) is 1.99. The Balaban J connectivity index is 2.77. The van der Waals surface area contributed by atoms with Crippen LogP contribution in [0.2, 0.25) is 0 Å². The minimum Gasteiger partial charge on any atom is -0.392 e. The summed E-state index contributed by atoms with van der Waals surface area (Å²) < 4.78 is 26.4. The van der Waals surface area contributed by atoms with E-state index in [1.807, 2.05) is 20.8 Å². The minimum absolute atomic E-state index is 0.0586. The van der Waals surface area contributed by atoms with E-state index in [2.05, 4.69) is 4.72 Å². The lowest BCUT2D eigenvalue weighted by Gasteiger charge is -2.12. The van der Waals surface area contributed by atoms with E-state index in [1.165, 1.54) is 0 Å². The van der Waals surface area contributed by atoms with Gasteiger partial charge < -0.3 is 5.11 Å². The highest BCUT2D eigenvalue weighted by Gasteiger charge is 2.15. The van der Waals surface area contributed by atoms with Gasteiger partial charge in [0.25, 0.3) is 0 Å². The van der Waals surface area contributed by atoms with Gasteiger partial charge in [0, 0.05) is 6.54 Å². The fraction of sp³-hybridized carbons (Fsp3) is 0.538. The highest BCUT2D eigenvalue weighted by atomic mass is 32.2. The van der Waals surface area contributed by atoms with Crippen molar-refractivity contribution in [3.63, 3.8) is 0 Å². The van der Waals surface area contributed by atoms with Gasteiger partial charge in [-0.1, -0.05) is 19.4 Å². The van der Waals surface area contributed by atoms with Crippen LogP contribution in [0.25, 0.3) is 0 Å². The number of hydrogen-bond acceptors (Lipinski definition) is 3. The zero-order valence-electron chi connectivity index (χ0n) is 11.1. The van der Waals surface area contributed by atoms with Gasteiger partial charge in [-0.25, -0.2) is 13.1 Å². The summed E-state index contributed by atoms with van der Waals surface area (Å²) in [4.78, 5) is 0.245. The zero-order valence-corrected chi connectivity index (χ0v) is 11.9. The lowest BCUT2D eigenvalue weighted by molar-refractivity contribution is 0.167. The van der Waals surface area contributed by atoms with Crippen LogP contribution >= 0.6 is 0 Å². The SMILES string of the molecule is CCCC(O)CNS(=O)(=O)c1ccc(C)c(C)c1. The number of aliphatic hydroxyl groups is 1. The van der Waals surface area contributed by atoms with Crippen LogP contribution in [0.1, 0.15) is 30.9 Å². The van der Waals surface area contributed by atoms with Crippen molar-refractivity contribution < 1.29 is 13.5 Å². The predicted molar refractivity (Wildman–Crippen MR) is 72.0 cm³/mol. The first-order valence-electron chi connectivity index (χ1n) is 6.11. The summed E-state index contributed by atoms with van der Waals surface area (Å²) in [5.74, 6) is 0. The summed E-state index contributed by atoms with van der Waals surface area (Å²) in [6.45, 7) is 5.81. The topological polar surface area (TPSA) is 66.4 Å². The molecule has 18 heavy (non-hydrogen) atoms. The molecule has 1 unspecified atom stereocenters. The third-order valence-corrected chi connectivity index (χ3v) is 4.34. The lowest BCUT2D eigenvalue weighted by Crippen LogP contribution is -2.32. The highest BCUT2D eigenvalue weighted by Crippen LogP contribution is 2.14. The molecule has 0 spiro atoms. The van der Waals surface area contributed by atoms with Crippen molar-refractivity contribution in [1.29, 1.82) is 0 Å². The molecule has 0 saturated heterocycles. The molecule has 2 N–H and O–H groups in total. The molecule has 0 aliphatic rings. The first kappa shape index (κ1) is 15.1. The van der Waals surface area contributed by atoms with E-state index in [9.17, 15) is 13.5 Å². The Morgan fingerprint density at radius 2 is 1.94 bits per heavy atom. The van der Waals surface area contributed by atoms with Crippen LogP contribution in [-0.2, 0) is 10.0 Å². The summed E-state index contributed by atoms with van der Waals surface area (Å²) in [7, 11) is -3.52. The normalized spacial score (nSPS) is 13.6. The fourth-order valence-electron chi connectivity index (χ4n) is 1.61.